The second kappa shape index (κ2) is 7.75. The number of ether oxygens (including phenoxy) is 1. The molecule has 1 aliphatic heterocycles. The van der Waals surface area contributed by atoms with Gasteiger partial charge in [-0.1, -0.05) is 0 Å². The zero-order valence-corrected chi connectivity index (χ0v) is 16.3. The van der Waals surface area contributed by atoms with Crippen LogP contribution in [-0.2, 0) is 16.4 Å². The molecule has 1 saturated heterocycles. The third-order valence-electron chi connectivity index (χ3n) is 4.85. The molecule has 0 radical (unpaired) electrons. The molecule has 1 fully saturated rings. The molecule has 2 aromatic rings. The highest BCUT2D eigenvalue weighted by Crippen LogP contribution is 2.27. The SMILES string of the molecule is COc1ccc(S(=O)(=O)N2CCCC(Cc3nncn3C(C)C)C2)cc1. The predicted octanol–water partition coefficient (Wildman–Crippen LogP) is 2.51. The molecule has 1 unspecified atom stereocenters. The van der Waals surface area contributed by atoms with E-state index in [-0.39, 0.29) is 5.92 Å². The Morgan fingerprint density at radius 3 is 2.65 bits per heavy atom. The van der Waals surface area contributed by atoms with Crippen molar-refractivity contribution in [2.45, 2.75) is 44.0 Å². The number of hydrogen-bond donors (Lipinski definition) is 0. The molecule has 1 atom stereocenters. The molecular weight excluding hydrogens is 352 g/mol. The van der Waals surface area contributed by atoms with Gasteiger partial charge in [-0.05, 0) is 56.9 Å². The minimum absolute atomic E-state index is 0.249. The van der Waals surface area contributed by atoms with Gasteiger partial charge in [0, 0.05) is 25.6 Å². The van der Waals surface area contributed by atoms with E-state index in [1.54, 1.807) is 42.0 Å². The lowest BCUT2D eigenvalue weighted by molar-refractivity contribution is 0.260. The van der Waals surface area contributed by atoms with Crippen molar-refractivity contribution >= 4 is 10.0 Å². The van der Waals surface area contributed by atoms with E-state index in [4.69, 9.17) is 4.74 Å². The van der Waals surface area contributed by atoms with Gasteiger partial charge >= 0.3 is 0 Å². The largest absolute Gasteiger partial charge is 0.497 e. The van der Waals surface area contributed by atoms with Crippen LogP contribution >= 0.6 is 0 Å². The molecular formula is C18H26N4O3S. The van der Waals surface area contributed by atoms with Crippen LogP contribution in [0.2, 0.25) is 0 Å². The molecule has 26 heavy (non-hydrogen) atoms. The van der Waals surface area contributed by atoms with Crippen molar-refractivity contribution in [2.75, 3.05) is 20.2 Å². The number of methoxy groups -OCH3 is 1. The summed E-state index contributed by atoms with van der Waals surface area (Å²) >= 11 is 0. The Balaban J connectivity index is 1.73. The first-order chi connectivity index (χ1) is 12.4. The Bertz CT molecular complexity index is 830. The van der Waals surface area contributed by atoms with Crippen LogP contribution in [0, 0.1) is 5.92 Å². The zero-order valence-electron chi connectivity index (χ0n) is 15.5. The molecule has 1 aromatic heterocycles. The Labute approximate surface area is 155 Å². The van der Waals surface area contributed by atoms with E-state index in [1.165, 1.54) is 0 Å². The van der Waals surface area contributed by atoms with Crippen LogP contribution in [0.15, 0.2) is 35.5 Å². The van der Waals surface area contributed by atoms with E-state index in [1.807, 2.05) is 0 Å². The maximum Gasteiger partial charge on any atom is 0.243 e. The van der Waals surface area contributed by atoms with Gasteiger partial charge in [0.2, 0.25) is 10.0 Å². The number of piperidine rings is 1. The van der Waals surface area contributed by atoms with Crippen LogP contribution < -0.4 is 4.74 Å². The van der Waals surface area contributed by atoms with Crippen molar-refractivity contribution in [3.63, 3.8) is 0 Å². The van der Waals surface area contributed by atoms with Crippen LogP contribution in [0.1, 0.15) is 38.6 Å². The van der Waals surface area contributed by atoms with Gasteiger partial charge in [0.25, 0.3) is 0 Å². The molecule has 0 amide bonds. The quantitative estimate of drug-likeness (QED) is 0.772. The maximum absolute atomic E-state index is 13.0. The van der Waals surface area contributed by atoms with Gasteiger partial charge in [-0.25, -0.2) is 8.42 Å². The first kappa shape index (κ1) is 18.8. The third-order valence-corrected chi connectivity index (χ3v) is 6.73. The van der Waals surface area contributed by atoms with Crippen LogP contribution in [0.4, 0.5) is 0 Å². The second-order valence-corrected chi connectivity index (χ2v) is 8.94. The molecule has 0 bridgehead atoms. The van der Waals surface area contributed by atoms with Gasteiger partial charge in [0.15, 0.2) is 0 Å². The molecule has 2 heterocycles. The third kappa shape index (κ3) is 3.91. The Kier molecular flexibility index (Phi) is 5.62. The molecule has 0 aliphatic carbocycles. The number of aromatic nitrogens is 3. The molecule has 1 aliphatic rings. The Hall–Kier alpha value is -1.93. The minimum Gasteiger partial charge on any atom is -0.497 e. The fourth-order valence-electron chi connectivity index (χ4n) is 3.41. The van der Waals surface area contributed by atoms with E-state index in [0.717, 1.165) is 25.1 Å². The van der Waals surface area contributed by atoms with Crippen molar-refractivity contribution in [1.29, 1.82) is 0 Å². The van der Waals surface area contributed by atoms with Gasteiger partial charge in [0.05, 0.1) is 12.0 Å². The summed E-state index contributed by atoms with van der Waals surface area (Å²) in [6.07, 6.45) is 4.34. The minimum atomic E-state index is -3.49. The fourth-order valence-corrected chi connectivity index (χ4v) is 4.97. The lowest BCUT2D eigenvalue weighted by Gasteiger charge is -2.32. The summed E-state index contributed by atoms with van der Waals surface area (Å²) in [4.78, 5) is 0.310. The van der Waals surface area contributed by atoms with Crippen molar-refractivity contribution in [2.24, 2.45) is 5.92 Å². The summed E-state index contributed by atoms with van der Waals surface area (Å²) < 4.78 is 34.7. The number of benzene rings is 1. The molecule has 3 rings (SSSR count). The first-order valence-corrected chi connectivity index (χ1v) is 10.4. The Morgan fingerprint density at radius 1 is 1.27 bits per heavy atom. The topological polar surface area (TPSA) is 77.3 Å². The molecule has 7 nitrogen and oxygen atoms in total. The zero-order chi connectivity index (χ0) is 18.7. The monoisotopic (exact) mass is 378 g/mol. The summed E-state index contributed by atoms with van der Waals surface area (Å²) in [5, 5.41) is 8.24. The number of hydrogen-bond acceptors (Lipinski definition) is 5. The number of nitrogens with zero attached hydrogens (tertiary/aromatic N) is 4. The number of rotatable bonds is 6. The number of sulfonamides is 1. The smallest absolute Gasteiger partial charge is 0.243 e. The lowest BCUT2D eigenvalue weighted by atomic mass is 9.96. The van der Waals surface area contributed by atoms with E-state index in [9.17, 15) is 8.42 Å². The van der Waals surface area contributed by atoms with Crippen LogP contribution in [0.3, 0.4) is 0 Å². The summed E-state index contributed by atoms with van der Waals surface area (Å²) in [5.74, 6) is 1.82. The highest BCUT2D eigenvalue weighted by Gasteiger charge is 2.31. The van der Waals surface area contributed by atoms with Crippen molar-refractivity contribution in [1.82, 2.24) is 19.1 Å². The highest BCUT2D eigenvalue weighted by atomic mass is 32.2. The second-order valence-electron chi connectivity index (χ2n) is 7.00. The van der Waals surface area contributed by atoms with Crippen LogP contribution in [0.25, 0.3) is 0 Å². The van der Waals surface area contributed by atoms with Crippen molar-refractivity contribution < 1.29 is 13.2 Å². The lowest BCUT2D eigenvalue weighted by Crippen LogP contribution is -2.40. The van der Waals surface area contributed by atoms with E-state index in [2.05, 4.69) is 28.6 Å². The molecule has 8 heteroatoms. The summed E-state index contributed by atoms with van der Waals surface area (Å²) in [6.45, 7) is 5.25. The standard InChI is InChI=1S/C18H26N4O3S/c1-14(2)22-13-19-20-18(22)11-15-5-4-10-21(12-15)26(23,24)17-8-6-16(25-3)7-9-17/h6-9,13-15H,4-5,10-12H2,1-3H3. The van der Waals surface area contributed by atoms with Crippen LogP contribution in [-0.4, -0.2) is 47.7 Å². The summed E-state index contributed by atoms with van der Waals surface area (Å²) in [7, 11) is -1.93. The average Bonchev–Trinajstić information content (AvgIpc) is 3.10. The fraction of sp³-hybridized carbons (Fsp3) is 0.556. The van der Waals surface area contributed by atoms with Gasteiger partial charge in [-0.2, -0.15) is 4.31 Å². The van der Waals surface area contributed by atoms with Gasteiger partial charge in [0.1, 0.15) is 17.9 Å². The van der Waals surface area contributed by atoms with E-state index < -0.39 is 10.0 Å². The molecule has 0 spiro atoms. The highest BCUT2D eigenvalue weighted by molar-refractivity contribution is 7.89. The molecule has 1 aromatic carbocycles. The van der Waals surface area contributed by atoms with E-state index in [0.29, 0.717) is 29.8 Å². The van der Waals surface area contributed by atoms with Gasteiger partial charge in [-0.15, -0.1) is 10.2 Å². The van der Waals surface area contributed by atoms with Gasteiger partial charge in [-0.3, -0.25) is 0 Å². The maximum atomic E-state index is 13.0. The molecule has 0 N–H and O–H groups in total. The normalized spacial score (nSPS) is 19.0. The van der Waals surface area contributed by atoms with Crippen molar-refractivity contribution in [3.05, 3.63) is 36.4 Å². The molecule has 142 valence electrons. The summed E-state index contributed by atoms with van der Waals surface area (Å²) in [5.41, 5.74) is 0. The summed E-state index contributed by atoms with van der Waals surface area (Å²) in [6, 6.07) is 6.86. The van der Waals surface area contributed by atoms with Gasteiger partial charge < -0.3 is 9.30 Å². The van der Waals surface area contributed by atoms with Crippen molar-refractivity contribution in [3.8, 4) is 5.75 Å². The Morgan fingerprint density at radius 2 is 2.00 bits per heavy atom. The molecule has 0 saturated carbocycles. The predicted molar refractivity (Wildman–Crippen MR) is 98.6 cm³/mol. The first-order valence-electron chi connectivity index (χ1n) is 8.94. The van der Waals surface area contributed by atoms with E-state index >= 15 is 0 Å². The average molecular weight is 378 g/mol. The van der Waals surface area contributed by atoms with Crippen LogP contribution in [0.5, 0.6) is 5.75 Å².